The number of halogens is 2. The molecule has 3 rings (SSSR count). The molecule has 2 heterocycles. The quantitative estimate of drug-likeness (QED) is 0.463. The predicted molar refractivity (Wildman–Crippen MR) is 83.7 cm³/mol. The van der Waals surface area contributed by atoms with Gasteiger partial charge >= 0.3 is 0 Å². The molecule has 4 nitrogen and oxygen atoms in total. The van der Waals surface area contributed by atoms with Gasteiger partial charge in [-0.15, -0.1) is 0 Å². The van der Waals surface area contributed by atoms with Crippen LogP contribution in [0.25, 0.3) is 0 Å². The molecule has 2 aliphatic heterocycles. The lowest BCUT2D eigenvalue weighted by Crippen LogP contribution is -2.55. The van der Waals surface area contributed by atoms with Gasteiger partial charge in [0.25, 0.3) is 5.69 Å². The first-order valence-electron chi connectivity index (χ1n) is 7.39. The van der Waals surface area contributed by atoms with Gasteiger partial charge in [0.15, 0.2) is 0 Å². The van der Waals surface area contributed by atoms with E-state index >= 15 is 0 Å². The van der Waals surface area contributed by atoms with Gasteiger partial charge in [-0.1, -0.05) is 23.2 Å². The van der Waals surface area contributed by atoms with E-state index in [1.807, 2.05) is 0 Å². The summed E-state index contributed by atoms with van der Waals surface area (Å²) in [4.78, 5) is 11.0. The summed E-state index contributed by atoms with van der Waals surface area (Å²) < 4.78 is 0.891. The molecule has 1 aromatic carbocycles. The fraction of sp³-hybridized carbons (Fsp3) is 0.600. The molecule has 2 aliphatic rings. The van der Waals surface area contributed by atoms with Crippen LogP contribution in [0, 0.1) is 10.1 Å². The van der Waals surface area contributed by atoms with Crippen LogP contribution in [-0.2, 0) is 6.54 Å². The fourth-order valence-electron chi connectivity index (χ4n) is 4.25. The zero-order valence-corrected chi connectivity index (χ0v) is 13.5. The van der Waals surface area contributed by atoms with Gasteiger partial charge < -0.3 is 4.48 Å². The lowest BCUT2D eigenvalue weighted by Gasteiger charge is -2.44. The van der Waals surface area contributed by atoms with Gasteiger partial charge in [-0.3, -0.25) is 10.1 Å². The zero-order valence-electron chi connectivity index (χ0n) is 12.0. The third-order valence-electron chi connectivity index (χ3n) is 5.41. The van der Waals surface area contributed by atoms with E-state index in [9.17, 15) is 10.1 Å². The second-order valence-electron chi connectivity index (χ2n) is 6.46. The highest BCUT2D eigenvalue weighted by molar-refractivity contribution is 6.35. The van der Waals surface area contributed by atoms with Crippen molar-refractivity contribution >= 4 is 28.9 Å². The molecule has 21 heavy (non-hydrogen) atoms. The second kappa shape index (κ2) is 5.41. The first-order chi connectivity index (χ1) is 9.91. The summed E-state index contributed by atoms with van der Waals surface area (Å²) in [6.07, 6.45) is 6.15. The fourth-order valence-corrected chi connectivity index (χ4v) is 4.79. The Morgan fingerprint density at radius 1 is 1.24 bits per heavy atom. The van der Waals surface area contributed by atoms with Gasteiger partial charge in [-0.05, 0) is 25.3 Å². The molecule has 0 amide bonds. The molecule has 6 heteroatoms. The molecule has 1 aromatic rings. The molecule has 2 saturated heterocycles. The number of piperidine rings is 1. The van der Waals surface area contributed by atoms with Crippen molar-refractivity contribution in [2.24, 2.45) is 0 Å². The van der Waals surface area contributed by atoms with Crippen LogP contribution < -0.4 is 0 Å². The van der Waals surface area contributed by atoms with Crippen molar-refractivity contribution in [3.63, 3.8) is 0 Å². The number of quaternary nitrogens is 1. The van der Waals surface area contributed by atoms with E-state index in [4.69, 9.17) is 23.2 Å². The van der Waals surface area contributed by atoms with E-state index in [0.29, 0.717) is 34.2 Å². The van der Waals surface area contributed by atoms with Gasteiger partial charge in [0.05, 0.1) is 29.1 Å². The molecule has 2 atom stereocenters. The molecule has 114 valence electrons. The number of nitrogens with zero attached hydrogens (tertiary/aromatic N) is 2. The molecule has 0 saturated carbocycles. The minimum Gasteiger partial charge on any atom is -0.317 e. The smallest absolute Gasteiger partial charge is 0.281 e. The highest BCUT2D eigenvalue weighted by atomic mass is 35.5. The Hall–Kier alpha value is -0.840. The number of hydrogen-bond acceptors (Lipinski definition) is 2. The van der Waals surface area contributed by atoms with Crippen molar-refractivity contribution < 1.29 is 9.41 Å². The molecule has 0 radical (unpaired) electrons. The van der Waals surface area contributed by atoms with E-state index in [-0.39, 0.29) is 10.6 Å². The van der Waals surface area contributed by atoms with E-state index in [2.05, 4.69) is 7.05 Å². The Bertz CT molecular complexity index is 575. The summed E-state index contributed by atoms with van der Waals surface area (Å²) in [5.74, 6) is 0. The van der Waals surface area contributed by atoms with Crippen LogP contribution in [0.4, 0.5) is 5.69 Å². The SMILES string of the molecule is C[N+]1(Cc2c(Cl)cc(Cl)cc2[N+](=O)[O-])C2CCCC1CC2. The Morgan fingerprint density at radius 2 is 1.86 bits per heavy atom. The van der Waals surface area contributed by atoms with Crippen LogP contribution in [0.2, 0.25) is 10.0 Å². The van der Waals surface area contributed by atoms with Crippen LogP contribution in [0.15, 0.2) is 12.1 Å². The molecular formula is C15H19Cl2N2O2+. The molecule has 2 unspecified atom stereocenters. The van der Waals surface area contributed by atoms with Gasteiger partial charge in [0, 0.05) is 23.9 Å². The van der Waals surface area contributed by atoms with E-state index < -0.39 is 0 Å². The Kier molecular flexibility index (Phi) is 3.89. The maximum atomic E-state index is 11.3. The van der Waals surface area contributed by atoms with E-state index in [0.717, 1.165) is 4.48 Å². The number of hydrogen-bond donors (Lipinski definition) is 0. The third-order valence-corrected chi connectivity index (χ3v) is 5.96. The van der Waals surface area contributed by atoms with Gasteiger partial charge in [-0.25, -0.2) is 0 Å². The largest absolute Gasteiger partial charge is 0.317 e. The van der Waals surface area contributed by atoms with Crippen molar-refractivity contribution in [2.45, 2.75) is 50.7 Å². The average Bonchev–Trinajstić information content (AvgIpc) is 2.62. The van der Waals surface area contributed by atoms with Gasteiger partial charge in [0.2, 0.25) is 0 Å². The molecule has 0 N–H and O–H groups in total. The number of fused-ring (bicyclic) bond motifs is 2. The monoisotopic (exact) mass is 329 g/mol. The molecular weight excluding hydrogens is 311 g/mol. The highest BCUT2D eigenvalue weighted by Crippen LogP contribution is 2.44. The average molecular weight is 330 g/mol. The van der Waals surface area contributed by atoms with Gasteiger partial charge in [-0.2, -0.15) is 0 Å². The standard InChI is InChI=1S/C15H19Cl2N2O2/c1-19(11-3-2-4-12(19)6-5-11)9-13-14(17)7-10(16)8-15(13)18(20)21/h7-8,11-12H,2-6,9H2,1H3/q+1. The van der Waals surface area contributed by atoms with Crippen molar-refractivity contribution in [3.8, 4) is 0 Å². The van der Waals surface area contributed by atoms with Crippen LogP contribution in [0.5, 0.6) is 0 Å². The minimum absolute atomic E-state index is 0.0526. The number of nitro benzene ring substituents is 1. The van der Waals surface area contributed by atoms with Crippen molar-refractivity contribution in [3.05, 3.63) is 37.9 Å². The second-order valence-corrected chi connectivity index (χ2v) is 7.31. The molecule has 2 bridgehead atoms. The summed E-state index contributed by atoms with van der Waals surface area (Å²) in [6.45, 7) is 0.627. The summed E-state index contributed by atoms with van der Waals surface area (Å²) in [5.41, 5.74) is 0.684. The molecule has 0 aromatic heterocycles. The maximum Gasteiger partial charge on any atom is 0.281 e. The summed E-state index contributed by atoms with van der Waals surface area (Å²) in [5, 5.41) is 12.1. The van der Waals surface area contributed by atoms with Crippen molar-refractivity contribution in [1.82, 2.24) is 0 Å². The van der Waals surface area contributed by atoms with Crippen LogP contribution in [-0.4, -0.2) is 28.5 Å². The van der Waals surface area contributed by atoms with Crippen LogP contribution >= 0.6 is 23.2 Å². The summed E-state index contributed by atoms with van der Waals surface area (Å²) in [7, 11) is 2.23. The van der Waals surface area contributed by atoms with Crippen LogP contribution in [0.3, 0.4) is 0 Å². The lowest BCUT2D eigenvalue weighted by molar-refractivity contribution is -0.960. The number of nitro groups is 1. The van der Waals surface area contributed by atoms with E-state index in [1.165, 1.54) is 38.2 Å². The topological polar surface area (TPSA) is 43.1 Å². The Labute approximate surface area is 134 Å². The maximum absolute atomic E-state index is 11.3. The van der Waals surface area contributed by atoms with Gasteiger partial charge in [0.1, 0.15) is 12.1 Å². The molecule has 0 spiro atoms. The van der Waals surface area contributed by atoms with E-state index in [1.54, 1.807) is 6.07 Å². The zero-order chi connectivity index (χ0) is 15.2. The number of benzene rings is 1. The first kappa shape index (κ1) is 15.1. The molecule has 0 aliphatic carbocycles. The summed E-state index contributed by atoms with van der Waals surface area (Å²) >= 11 is 12.2. The lowest BCUT2D eigenvalue weighted by atomic mass is 9.98. The molecule has 2 fully saturated rings. The van der Waals surface area contributed by atoms with Crippen molar-refractivity contribution in [2.75, 3.05) is 7.05 Å². The van der Waals surface area contributed by atoms with Crippen molar-refractivity contribution in [1.29, 1.82) is 0 Å². The first-order valence-corrected chi connectivity index (χ1v) is 8.14. The highest BCUT2D eigenvalue weighted by Gasteiger charge is 2.49. The predicted octanol–water partition coefficient (Wildman–Crippen LogP) is 4.56. The third kappa shape index (κ3) is 2.54. The Balaban J connectivity index is 2.00. The summed E-state index contributed by atoms with van der Waals surface area (Å²) in [6, 6.07) is 4.25. The number of rotatable bonds is 3. The minimum atomic E-state index is -0.370. The normalized spacial score (nSPS) is 31.4. The Morgan fingerprint density at radius 3 is 2.43 bits per heavy atom. The van der Waals surface area contributed by atoms with Crippen LogP contribution in [0.1, 0.15) is 37.7 Å².